The number of ketones is 1. The van der Waals surface area contributed by atoms with E-state index in [0.29, 0.717) is 5.56 Å². The predicted molar refractivity (Wildman–Crippen MR) is 115 cm³/mol. The molecule has 0 radical (unpaired) electrons. The van der Waals surface area contributed by atoms with E-state index in [4.69, 9.17) is 0 Å². The first-order chi connectivity index (χ1) is 13.1. The topological polar surface area (TPSA) is 20.3 Å². The fraction of sp³-hybridized carbons (Fsp3) is 0.160. The van der Waals surface area contributed by atoms with Gasteiger partial charge in [0.25, 0.3) is 0 Å². The van der Waals surface area contributed by atoms with Crippen LogP contribution in [0.15, 0.2) is 86.0 Å². The summed E-state index contributed by atoms with van der Waals surface area (Å²) >= 11 is 0. The summed E-state index contributed by atoms with van der Waals surface area (Å²) in [7, 11) is 0. The standard InChI is InChI=1S/C25H25NO/c1-4-5-16-26-17-10-6-7-11-20(3)23-18-21(14-15-24(23)26)25(27)22-13-9-8-12-19(22)2/h4,6-15,18H,1,3,5,16-17H2,2H3/b10-6-,11-7-. The maximum Gasteiger partial charge on any atom is 0.193 e. The van der Waals surface area contributed by atoms with Crippen LogP contribution in [-0.2, 0) is 0 Å². The Bertz CT molecular complexity index is 933. The number of anilines is 1. The summed E-state index contributed by atoms with van der Waals surface area (Å²) in [6.45, 7) is 11.7. The first-order valence-electron chi connectivity index (χ1n) is 9.24. The van der Waals surface area contributed by atoms with Crippen LogP contribution in [0, 0.1) is 6.92 Å². The number of benzene rings is 2. The van der Waals surface area contributed by atoms with Crippen molar-refractivity contribution in [3.8, 4) is 0 Å². The molecular weight excluding hydrogens is 330 g/mol. The Morgan fingerprint density at radius 2 is 2.00 bits per heavy atom. The number of carbonyl (C=O) groups excluding carboxylic acids is 1. The molecule has 1 aliphatic rings. The Morgan fingerprint density at radius 3 is 2.78 bits per heavy atom. The highest BCUT2D eigenvalue weighted by atomic mass is 16.1. The average molecular weight is 355 g/mol. The first kappa shape index (κ1) is 18.7. The van der Waals surface area contributed by atoms with E-state index in [-0.39, 0.29) is 5.78 Å². The molecule has 0 aromatic heterocycles. The van der Waals surface area contributed by atoms with Crippen LogP contribution in [0.5, 0.6) is 0 Å². The molecule has 2 aromatic carbocycles. The molecule has 27 heavy (non-hydrogen) atoms. The van der Waals surface area contributed by atoms with Gasteiger partial charge in [-0.05, 0) is 42.7 Å². The molecule has 2 aromatic rings. The van der Waals surface area contributed by atoms with E-state index in [0.717, 1.165) is 47.5 Å². The molecule has 0 unspecified atom stereocenters. The summed E-state index contributed by atoms with van der Waals surface area (Å²) in [6.07, 6.45) is 11.0. The molecule has 0 saturated heterocycles. The number of nitrogens with zero attached hydrogens (tertiary/aromatic N) is 1. The van der Waals surface area contributed by atoms with Gasteiger partial charge in [-0.25, -0.2) is 0 Å². The lowest BCUT2D eigenvalue weighted by atomic mass is 9.94. The number of rotatable bonds is 5. The van der Waals surface area contributed by atoms with E-state index >= 15 is 0 Å². The van der Waals surface area contributed by atoms with Crippen LogP contribution in [-0.4, -0.2) is 18.9 Å². The summed E-state index contributed by atoms with van der Waals surface area (Å²) in [5.74, 6) is 0.0447. The molecule has 0 aliphatic carbocycles. The summed E-state index contributed by atoms with van der Waals surface area (Å²) in [5.41, 5.74) is 5.42. The van der Waals surface area contributed by atoms with E-state index in [1.54, 1.807) is 0 Å². The van der Waals surface area contributed by atoms with Crippen LogP contribution >= 0.6 is 0 Å². The fourth-order valence-corrected chi connectivity index (χ4v) is 3.28. The Hall–Kier alpha value is -3.13. The molecule has 2 heteroatoms. The fourth-order valence-electron chi connectivity index (χ4n) is 3.28. The van der Waals surface area contributed by atoms with Gasteiger partial charge in [0.1, 0.15) is 0 Å². The van der Waals surface area contributed by atoms with Gasteiger partial charge >= 0.3 is 0 Å². The monoisotopic (exact) mass is 355 g/mol. The van der Waals surface area contributed by atoms with Crippen molar-refractivity contribution in [2.45, 2.75) is 13.3 Å². The minimum absolute atomic E-state index is 0.0447. The van der Waals surface area contributed by atoms with E-state index in [9.17, 15) is 4.79 Å². The second kappa shape index (κ2) is 8.50. The van der Waals surface area contributed by atoms with E-state index in [1.165, 1.54) is 0 Å². The van der Waals surface area contributed by atoms with Crippen LogP contribution in [0.2, 0.25) is 0 Å². The van der Waals surface area contributed by atoms with Gasteiger partial charge in [-0.2, -0.15) is 0 Å². The second-order valence-corrected chi connectivity index (χ2v) is 6.71. The lowest BCUT2D eigenvalue weighted by molar-refractivity contribution is 0.103. The Morgan fingerprint density at radius 1 is 1.19 bits per heavy atom. The van der Waals surface area contributed by atoms with Crippen molar-refractivity contribution in [1.82, 2.24) is 0 Å². The molecule has 1 aliphatic heterocycles. The molecular formula is C25H25NO. The highest BCUT2D eigenvalue weighted by Crippen LogP contribution is 2.30. The third kappa shape index (κ3) is 4.17. The van der Waals surface area contributed by atoms with Crippen LogP contribution < -0.4 is 4.90 Å². The summed E-state index contributed by atoms with van der Waals surface area (Å²) < 4.78 is 0. The quantitative estimate of drug-likeness (QED) is 0.503. The average Bonchev–Trinajstić information content (AvgIpc) is 2.76. The molecule has 2 nitrogen and oxygen atoms in total. The van der Waals surface area contributed by atoms with Crippen LogP contribution in [0.1, 0.15) is 33.5 Å². The lowest BCUT2D eigenvalue weighted by Crippen LogP contribution is -2.25. The number of aryl methyl sites for hydroxylation is 1. The number of carbonyl (C=O) groups is 1. The second-order valence-electron chi connectivity index (χ2n) is 6.71. The third-order valence-electron chi connectivity index (χ3n) is 4.81. The molecule has 0 N–H and O–H groups in total. The van der Waals surface area contributed by atoms with Crippen molar-refractivity contribution in [2.24, 2.45) is 0 Å². The van der Waals surface area contributed by atoms with Crippen molar-refractivity contribution in [3.63, 3.8) is 0 Å². The predicted octanol–water partition coefficient (Wildman–Crippen LogP) is 5.75. The van der Waals surface area contributed by atoms with Gasteiger partial charge in [-0.1, -0.05) is 61.2 Å². The zero-order valence-electron chi connectivity index (χ0n) is 15.8. The molecule has 0 saturated carbocycles. The van der Waals surface area contributed by atoms with E-state index in [1.807, 2.05) is 73.7 Å². The SMILES string of the molecule is C=CCCN1C/C=C\C=C/C(=C)c2cc(C(=O)c3ccccc3C)ccc21. The Balaban J connectivity index is 2.05. The van der Waals surface area contributed by atoms with Crippen LogP contribution in [0.4, 0.5) is 5.69 Å². The summed E-state index contributed by atoms with van der Waals surface area (Å²) in [5, 5.41) is 0. The molecule has 0 fully saturated rings. The van der Waals surface area contributed by atoms with Gasteiger partial charge in [-0.15, -0.1) is 6.58 Å². The molecule has 0 bridgehead atoms. The number of allylic oxidation sites excluding steroid dienone is 4. The van der Waals surface area contributed by atoms with Crippen molar-refractivity contribution in [2.75, 3.05) is 18.0 Å². The van der Waals surface area contributed by atoms with Crippen LogP contribution in [0.25, 0.3) is 5.57 Å². The van der Waals surface area contributed by atoms with Gasteiger partial charge in [0, 0.05) is 35.5 Å². The normalized spacial score (nSPS) is 15.9. The zero-order chi connectivity index (χ0) is 19.2. The van der Waals surface area contributed by atoms with Crippen molar-refractivity contribution < 1.29 is 4.79 Å². The molecule has 0 amide bonds. The highest BCUT2D eigenvalue weighted by molar-refractivity contribution is 6.10. The molecule has 1 heterocycles. The molecule has 136 valence electrons. The van der Waals surface area contributed by atoms with Crippen LogP contribution in [0.3, 0.4) is 0 Å². The summed E-state index contributed by atoms with van der Waals surface area (Å²) in [4.78, 5) is 15.3. The van der Waals surface area contributed by atoms with Gasteiger partial charge in [0.2, 0.25) is 0 Å². The summed E-state index contributed by atoms with van der Waals surface area (Å²) in [6, 6.07) is 13.7. The minimum atomic E-state index is 0.0447. The van der Waals surface area contributed by atoms with Crippen molar-refractivity contribution >= 4 is 17.0 Å². The smallest absolute Gasteiger partial charge is 0.193 e. The third-order valence-corrected chi connectivity index (χ3v) is 4.81. The lowest BCUT2D eigenvalue weighted by Gasteiger charge is -2.26. The molecule has 0 atom stereocenters. The van der Waals surface area contributed by atoms with Crippen molar-refractivity contribution in [3.05, 3.63) is 108 Å². The van der Waals surface area contributed by atoms with E-state index in [2.05, 4.69) is 24.1 Å². The van der Waals surface area contributed by atoms with E-state index < -0.39 is 0 Å². The molecule has 3 rings (SSSR count). The Kier molecular flexibility index (Phi) is 5.87. The maximum atomic E-state index is 13.0. The van der Waals surface area contributed by atoms with Gasteiger partial charge in [0.15, 0.2) is 5.78 Å². The van der Waals surface area contributed by atoms with Gasteiger partial charge in [0.05, 0.1) is 0 Å². The maximum absolute atomic E-state index is 13.0. The number of hydrogen-bond acceptors (Lipinski definition) is 2. The molecule has 0 spiro atoms. The van der Waals surface area contributed by atoms with Gasteiger partial charge in [-0.3, -0.25) is 4.79 Å². The Labute approximate surface area is 161 Å². The zero-order valence-corrected chi connectivity index (χ0v) is 15.8. The first-order valence-corrected chi connectivity index (χ1v) is 9.24. The number of fused-ring (bicyclic) bond motifs is 1. The highest BCUT2D eigenvalue weighted by Gasteiger charge is 2.17. The minimum Gasteiger partial charge on any atom is -0.367 e. The van der Waals surface area contributed by atoms with Crippen molar-refractivity contribution in [1.29, 1.82) is 0 Å². The number of hydrogen-bond donors (Lipinski definition) is 0. The largest absolute Gasteiger partial charge is 0.367 e. The van der Waals surface area contributed by atoms with Gasteiger partial charge < -0.3 is 4.90 Å².